The first kappa shape index (κ1) is 49.9. The lowest BCUT2D eigenvalue weighted by Crippen LogP contribution is -1.99. The molecular formula is C72H44BBr2O6. The summed E-state index contributed by atoms with van der Waals surface area (Å²) >= 11 is 7.04. The van der Waals surface area contributed by atoms with Gasteiger partial charge in [0.15, 0.2) is 0 Å². The van der Waals surface area contributed by atoms with Crippen LogP contribution in [0.1, 0.15) is 0 Å². The van der Waals surface area contributed by atoms with E-state index in [-0.39, 0.29) is 0 Å². The van der Waals surface area contributed by atoms with Crippen molar-refractivity contribution in [3.8, 4) is 61.4 Å². The Kier molecular flexibility index (Phi) is 13.2. The first-order valence-electron chi connectivity index (χ1n) is 26.4. The van der Waals surface area contributed by atoms with Gasteiger partial charge in [0, 0.05) is 52.0 Å². The average Bonchev–Trinajstić information content (AvgIpc) is 3.81. The van der Waals surface area contributed by atoms with E-state index in [0.29, 0.717) is 13.4 Å². The number of benzene rings is 12. The molecule has 9 heteroatoms. The van der Waals surface area contributed by atoms with E-state index in [1.165, 1.54) is 33.4 Å². The summed E-state index contributed by atoms with van der Waals surface area (Å²) < 4.78 is 31.8. The van der Waals surface area contributed by atoms with Gasteiger partial charge in [0.2, 0.25) is 0 Å². The van der Waals surface area contributed by atoms with Crippen molar-refractivity contribution in [2.75, 3.05) is 0 Å². The van der Waals surface area contributed by atoms with Gasteiger partial charge >= 0.3 is 7.69 Å². The van der Waals surface area contributed by atoms with Crippen molar-refractivity contribution in [3.63, 3.8) is 0 Å². The Hall–Kier alpha value is -9.38. The molecule has 0 bridgehead atoms. The fraction of sp³-hybridized carbons (Fsp3) is 0. The third-order valence-electron chi connectivity index (χ3n) is 14.8. The number of hydrogen-bond acceptors (Lipinski definition) is 6. The molecule has 4 aromatic heterocycles. The summed E-state index contributed by atoms with van der Waals surface area (Å²) in [6, 6.07) is 89.4. The molecule has 0 amide bonds. The van der Waals surface area contributed by atoms with Crippen LogP contribution in [0.4, 0.5) is 0 Å². The summed E-state index contributed by atoms with van der Waals surface area (Å²) in [7, 11) is 0.685. The highest BCUT2D eigenvalue weighted by atomic mass is 79.9. The van der Waals surface area contributed by atoms with Gasteiger partial charge in [-0.2, -0.15) is 0 Å². The van der Waals surface area contributed by atoms with Crippen LogP contribution in [-0.4, -0.2) is 12.7 Å². The van der Waals surface area contributed by atoms with Crippen molar-refractivity contribution in [2.45, 2.75) is 0 Å². The topological polar surface area (TPSA) is 82.0 Å². The summed E-state index contributed by atoms with van der Waals surface area (Å²) in [6.07, 6.45) is 0. The molecule has 0 saturated carbocycles. The molecule has 4 heterocycles. The fourth-order valence-electron chi connectivity index (χ4n) is 10.9. The Morgan fingerprint density at radius 2 is 0.531 bits per heavy atom. The first-order valence-corrected chi connectivity index (χ1v) is 28.0. The van der Waals surface area contributed by atoms with Gasteiger partial charge in [-0.3, -0.25) is 0 Å². The average molecular weight is 1180 g/mol. The summed E-state index contributed by atoms with van der Waals surface area (Å²) in [4.78, 5) is 0. The SMILES string of the molecule is Brc1ccc2oc3cc4c(cc3c2c1)oc1ccc(Br)cc14.O[B]Oc1cccc(-c2ccccc2)c1.c1ccc(-c2cccc(-c3ccc4oc5cc6c(cc5c4c3)oc3ccc(-c4cccc(-c5ccccc5)c4)cc36)c2)cc1. The third kappa shape index (κ3) is 9.86. The standard InChI is InChI=1S/C42H26O2.C18H8Br2O2.C12H10BO2/c1-3-9-27(10-4-1)29-13-7-15-31(21-29)33-17-19-39-35(23-33)37-25-42-38(26-41(37)43-39)36-24-34(18-20-40(36)44-42)32-16-8-14-30(22-32)28-11-5-2-6-12-28;19-9-1-3-15-11(5-9)13-7-18-14(8-17(13)21-15)12-6-10(20)2-4-16(12)22-18;14-13-15-12-8-4-7-11(9-12)10-5-2-1-3-6-10/h1-26H;1-8H;1-9,14H. The minimum absolute atomic E-state index is 0.624. The van der Waals surface area contributed by atoms with Crippen molar-refractivity contribution in [1.82, 2.24) is 0 Å². The second kappa shape index (κ2) is 21.4. The number of halogens is 2. The molecular weight excluding hydrogens is 1130 g/mol. The largest absolute Gasteiger partial charge is 0.569 e. The molecule has 81 heavy (non-hydrogen) atoms. The molecule has 0 unspecified atom stereocenters. The van der Waals surface area contributed by atoms with E-state index in [9.17, 15) is 0 Å². The fourth-order valence-corrected chi connectivity index (χ4v) is 11.6. The monoisotopic (exact) mass is 1170 g/mol. The molecule has 0 atom stereocenters. The molecule has 0 fully saturated rings. The number of hydrogen-bond donors (Lipinski definition) is 1. The van der Waals surface area contributed by atoms with Crippen LogP contribution in [0.3, 0.4) is 0 Å². The highest BCUT2D eigenvalue weighted by Gasteiger charge is 2.17. The lowest BCUT2D eigenvalue weighted by molar-refractivity contribution is 0.454. The maximum Gasteiger partial charge on any atom is 0.569 e. The summed E-state index contributed by atoms with van der Waals surface area (Å²) in [6.45, 7) is 0. The molecule has 16 rings (SSSR count). The van der Waals surface area contributed by atoms with E-state index in [0.717, 1.165) is 119 Å². The second-order valence-corrected chi connectivity index (χ2v) is 21.6. The van der Waals surface area contributed by atoms with Crippen LogP contribution in [0.2, 0.25) is 0 Å². The Balaban J connectivity index is 0.000000131. The number of furan rings is 4. The maximum absolute atomic E-state index is 8.53. The zero-order valence-corrected chi connectivity index (χ0v) is 46.3. The Bertz CT molecular complexity index is 4710. The van der Waals surface area contributed by atoms with Crippen molar-refractivity contribution >= 4 is 127 Å². The molecule has 0 aliphatic heterocycles. The molecule has 0 saturated heterocycles. The Morgan fingerprint density at radius 1 is 0.247 bits per heavy atom. The van der Waals surface area contributed by atoms with E-state index in [2.05, 4.69) is 202 Å². The van der Waals surface area contributed by atoms with Crippen LogP contribution in [0, 0.1) is 0 Å². The highest BCUT2D eigenvalue weighted by molar-refractivity contribution is 9.10. The quantitative estimate of drug-likeness (QED) is 0.160. The zero-order valence-electron chi connectivity index (χ0n) is 43.1. The molecule has 385 valence electrons. The van der Waals surface area contributed by atoms with Crippen LogP contribution in [-0.2, 0) is 0 Å². The smallest absolute Gasteiger partial charge is 0.537 e. The Labute approximate surface area is 482 Å². The van der Waals surface area contributed by atoms with E-state index >= 15 is 0 Å². The lowest BCUT2D eigenvalue weighted by Gasteiger charge is -2.06. The van der Waals surface area contributed by atoms with Gasteiger partial charge < -0.3 is 27.3 Å². The third-order valence-corrected chi connectivity index (χ3v) is 15.8. The summed E-state index contributed by atoms with van der Waals surface area (Å²) in [5, 5.41) is 17.1. The van der Waals surface area contributed by atoms with Gasteiger partial charge in [0.1, 0.15) is 50.4 Å². The summed E-state index contributed by atoms with van der Waals surface area (Å²) in [5.74, 6) is 0.624. The molecule has 0 spiro atoms. The predicted molar refractivity (Wildman–Crippen MR) is 340 cm³/mol. The molecule has 12 aromatic carbocycles. The molecule has 6 nitrogen and oxygen atoms in total. The van der Waals surface area contributed by atoms with Gasteiger partial charge in [-0.05, 0) is 165 Å². The van der Waals surface area contributed by atoms with Crippen molar-refractivity contribution in [2.24, 2.45) is 0 Å². The molecule has 0 aliphatic rings. The van der Waals surface area contributed by atoms with Crippen molar-refractivity contribution in [3.05, 3.63) is 270 Å². The Morgan fingerprint density at radius 3 is 0.901 bits per heavy atom. The van der Waals surface area contributed by atoms with Crippen LogP contribution >= 0.6 is 31.9 Å². The molecule has 1 radical (unpaired) electrons. The molecule has 16 aromatic rings. The van der Waals surface area contributed by atoms with Gasteiger partial charge in [0.25, 0.3) is 0 Å². The second-order valence-electron chi connectivity index (χ2n) is 19.8. The highest BCUT2D eigenvalue weighted by Crippen LogP contribution is 2.41. The van der Waals surface area contributed by atoms with Crippen LogP contribution in [0.15, 0.2) is 287 Å². The lowest BCUT2D eigenvalue weighted by atomic mass is 9.97. The van der Waals surface area contributed by atoms with Crippen molar-refractivity contribution in [1.29, 1.82) is 0 Å². The van der Waals surface area contributed by atoms with Gasteiger partial charge in [-0.1, -0.05) is 184 Å². The van der Waals surface area contributed by atoms with Gasteiger partial charge in [0.05, 0.1) is 0 Å². The van der Waals surface area contributed by atoms with Crippen LogP contribution in [0.25, 0.3) is 143 Å². The number of rotatable bonds is 7. The maximum atomic E-state index is 8.53. The van der Waals surface area contributed by atoms with E-state index in [4.69, 9.17) is 27.3 Å². The molecule has 0 aliphatic carbocycles. The normalized spacial score (nSPS) is 11.4. The number of fused-ring (bicyclic) bond motifs is 12. The van der Waals surface area contributed by atoms with Crippen LogP contribution in [0.5, 0.6) is 5.75 Å². The summed E-state index contributed by atoms with van der Waals surface area (Å²) in [5.41, 5.74) is 18.7. The minimum atomic E-state index is 0.624. The van der Waals surface area contributed by atoms with E-state index in [1.54, 1.807) is 6.07 Å². The minimum Gasteiger partial charge on any atom is -0.537 e. The molecule has 1 N–H and O–H groups in total. The van der Waals surface area contributed by atoms with Crippen LogP contribution < -0.4 is 4.65 Å². The van der Waals surface area contributed by atoms with Crippen molar-refractivity contribution < 1.29 is 27.3 Å². The van der Waals surface area contributed by atoms with E-state index < -0.39 is 0 Å². The van der Waals surface area contributed by atoms with Gasteiger partial charge in [-0.25, -0.2) is 0 Å². The zero-order chi connectivity index (χ0) is 54.4. The first-order chi connectivity index (χ1) is 39.8. The van der Waals surface area contributed by atoms with E-state index in [1.807, 2.05) is 84.9 Å². The van der Waals surface area contributed by atoms with Gasteiger partial charge in [-0.15, -0.1) is 0 Å². The predicted octanol–water partition coefficient (Wildman–Crippen LogP) is 21.4.